The van der Waals surface area contributed by atoms with E-state index in [1.54, 1.807) is 13.8 Å². The van der Waals surface area contributed by atoms with Gasteiger partial charge in [0, 0.05) is 30.6 Å². The number of carboxylic acid groups (broad SMARTS) is 1. The molecule has 3 fully saturated rings. The number of rotatable bonds is 9. The number of hydrogen-bond acceptors (Lipinski definition) is 11. The van der Waals surface area contributed by atoms with E-state index in [0.29, 0.717) is 25.7 Å². The van der Waals surface area contributed by atoms with Gasteiger partial charge in [0.25, 0.3) is 0 Å². The van der Waals surface area contributed by atoms with Crippen molar-refractivity contribution in [3.63, 3.8) is 0 Å². The second-order valence-corrected chi connectivity index (χ2v) is 18.8. The summed E-state index contributed by atoms with van der Waals surface area (Å²) in [7, 11) is 0. The van der Waals surface area contributed by atoms with E-state index in [1.165, 1.54) is 26.3 Å². The molecule has 2 saturated carbocycles. The average Bonchev–Trinajstić information content (AvgIpc) is 3.26. The number of carboxylic acids is 1. The molecule has 12 nitrogen and oxygen atoms in total. The summed E-state index contributed by atoms with van der Waals surface area (Å²) in [5.41, 5.74) is -2.63. The first kappa shape index (κ1) is 40.6. The summed E-state index contributed by atoms with van der Waals surface area (Å²) in [6, 6.07) is 0. The number of allylic oxidation sites excluding steroid dienone is 1. The van der Waals surface area contributed by atoms with Crippen LogP contribution < -0.4 is 0 Å². The van der Waals surface area contributed by atoms with Crippen LogP contribution in [0.1, 0.15) is 133 Å². The Morgan fingerprint density at radius 3 is 2.08 bits per heavy atom. The summed E-state index contributed by atoms with van der Waals surface area (Å²) < 4.78 is 24.1. The predicted molar refractivity (Wildman–Crippen MR) is 188 cm³/mol. The minimum absolute atomic E-state index is 0.0180. The highest BCUT2D eigenvalue weighted by Gasteiger charge is 2.69. The summed E-state index contributed by atoms with van der Waals surface area (Å²) in [5, 5.41) is 43.1. The van der Waals surface area contributed by atoms with Crippen LogP contribution in [0.4, 0.5) is 0 Å². The first-order valence-electron chi connectivity index (χ1n) is 19.0. The Kier molecular flexibility index (Phi) is 10.7. The summed E-state index contributed by atoms with van der Waals surface area (Å²) in [6.07, 6.45) is 0.342. The highest BCUT2D eigenvalue weighted by atomic mass is 16.7. The van der Waals surface area contributed by atoms with Crippen molar-refractivity contribution in [2.75, 3.05) is 0 Å². The van der Waals surface area contributed by atoms with E-state index in [4.69, 9.17) is 18.9 Å². The number of aliphatic carboxylic acids is 1. The van der Waals surface area contributed by atoms with Crippen LogP contribution in [-0.4, -0.2) is 86.2 Å². The molecule has 1 aliphatic heterocycles. The fraction of sp³-hybridized carbons (Fsp3) is 0.850. The molecule has 5 rings (SSSR count). The molecular weight excluding hydrogens is 672 g/mol. The zero-order valence-electron chi connectivity index (χ0n) is 32.7. The minimum atomic E-state index is -1.82. The predicted octanol–water partition coefficient (Wildman–Crippen LogP) is 5.23. The van der Waals surface area contributed by atoms with E-state index < -0.39 is 100 Å². The maximum absolute atomic E-state index is 13.3. The van der Waals surface area contributed by atoms with E-state index in [-0.39, 0.29) is 17.8 Å². The van der Waals surface area contributed by atoms with Gasteiger partial charge in [0.1, 0.15) is 12.2 Å². The maximum Gasteiger partial charge on any atom is 0.309 e. The second-order valence-electron chi connectivity index (χ2n) is 18.8. The molecule has 12 atom stereocenters. The van der Waals surface area contributed by atoms with Crippen LogP contribution >= 0.6 is 0 Å². The topological polar surface area (TPSA) is 186 Å². The third kappa shape index (κ3) is 6.94. The molecule has 1 heterocycles. The Hall–Kier alpha value is -2.54. The first-order chi connectivity index (χ1) is 23.8. The van der Waals surface area contributed by atoms with Crippen molar-refractivity contribution in [3.8, 4) is 0 Å². The van der Waals surface area contributed by atoms with Gasteiger partial charge in [-0.2, -0.15) is 0 Å². The fourth-order valence-corrected chi connectivity index (χ4v) is 11.9. The lowest BCUT2D eigenvalue weighted by atomic mass is 9.42. The van der Waals surface area contributed by atoms with Gasteiger partial charge in [-0.25, -0.2) is 0 Å². The van der Waals surface area contributed by atoms with Gasteiger partial charge in [-0.05, 0) is 94.8 Å². The van der Waals surface area contributed by atoms with Crippen LogP contribution in [-0.2, 0) is 38.1 Å². The molecule has 5 aliphatic rings. The summed E-state index contributed by atoms with van der Waals surface area (Å²) in [6.45, 7) is 18.0. The molecule has 0 radical (unpaired) electrons. The number of carbonyl (C=O) groups is 4. The zero-order valence-corrected chi connectivity index (χ0v) is 32.7. The van der Waals surface area contributed by atoms with Crippen molar-refractivity contribution in [1.82, 2.24) is 0 Å². The number of fused-ring (bicyclic) bond motifs is 4. The average molecular weight is 735 g/mol. The van der Waals surface area contributed by atoms with Crippen LogP contribution in [0.15, 0.2) is 11.1 Å². The molecule has 4 aliphatic carbocycles. The molecular formula is C40H62O12. The Bertz CT molecular complexity index is 1470. The van der Waals surface area contributed by atoms with Gasteiger partial charge in [-0.15, -0.1) is 0 Å². The normalized spacial score (nSPS) is 41.1. The first-order valence-corrected chi connectivity index (χ1v) is 19.0. The summed E-state index contributed by atoms with van der Waals surface area (Å²) in [5.74, 6) is -3.15. The summed E-state index contributed by atoms with van der Waals surface area (Å²) >= 11 is 0. The molecule has 0 aromatic carbocycles. The van der Waals surface area contributed by atoms with E-state index in [1.807, 2.05) is 13.8 Å². The molecule has 0 spiro atoms. The Morgan fingerprint density at radius 1 is 0.865 bits per heavy atom. The number of aliphatic hydroxyl groups excluding tert-OH is 1. The molecule has 52 heavy (non-hydrogen) atoms. The Balaban J connectivity index is 1.51. The molecule has 294 valence electrons. The van der Waals surface area contributed by atoms with E-state index in [0.717, 1.165) is 31.3 Å². The maximum atomic E-state index is 13.3. The molecule has 1 unspecified atom stereocenters. The number of esters is 3. The minimum Gasteiger partial charge on any atom is -0.481 e. The van der Waals surface area contributed by atoms with Gasteiger partial charge in [-0.1, -0.05) is 45.8 Å². The van der Waals surface area contributed by atoms with Crippen LogP contribution in [0.2, 0.25) is 0 Å². The van der Waals surface area contributed by atoms with E-state index in [2.05, 4.69) is 20.8 Å². The van der Waals surface area contributed by atoms with E-state index in [9.17, 15) is 39.6 Å². The van der Waals surface area contributed by atoms with Gasteiger partial charge >= 0.3 is 23.9 Å². The Morgan fingerprint density at radius 2 is 1.50 bits per heavy atom. The largest absolute Gasteiger partial charge is 0.481 e. The van der Waals surface area contributed by atoms with Crippen LogP contribution in [0.5, 0.6) is 0 Å². The van der Waals surface area contributed by atoms with Crippen molar-refractivity contribution in [2.45, 2.75) is 175 Å². The third-order valence-corrected chi connectivity index (χ3v) is 14.4. The molecule has 4 N–H and O–H groups in total. The van der Waals surface area contributed by atoms with Crippen molar-refractivity contribution >= 4 is 23.9 Å². The van der Waals surface area contributed by atoms with Gasteiger partial charge < -0.3 is 39.4 Å². The highest BCUT2D eigenvalue weighted by molar-refractivity contribution is 5.74. The van der Waals surface area contributed by atoms with Gasteiger partial charge in [0.15, 0.2) is 0 Å². The van der Waals surface area contributed by atoms with Crippen molar-refractivity contribution in [3.05, 3.63) is 11.1 Å². The highest BCUT2D eigenvalue weighted by Crippen LogP contribution is 2.73. The fourth-order valence-electron chi connectivity index (χ4n) is 11.9. The smallest absolute Gasteiger partial charge is 0.309 e. The lowest BCUT2D eigenvalue weighted by molar-refractivity contribution is -0.261. The van der Waals surface area contributed by atoms with Crippen LogP contribution in [0, 0.1) is 39.4 Å². The van der Waals surface area contributed by atoms with Gasteiger partial charge in [-0.3, -0.25) is 19.2 Å². The zero-order chi connectivity index (χ0) is 39.0. The molecule has 0 aromatic heterocycles. The standard InChI is InChI=1S/C40H62O12/c1-21(41)49-33-27(51-32(46)20-37(7,48)19-31(44)45)18-38(8)26-17-29(43)40(10)24(15-16-39(40,9)25(26)12-13-28(38)35(33,3)4)23-11-14-30(36(5,6)47)52-34(23)50-22(2)42/h23-24,27-30,33-34,43,47-48H,11-20H2,1-10H3,(H,44,45)/t23-,24-,27-,28+,29+,30-,33+,34+,37?,38-,39+,40+/m1/s1. The quantitative estimate of drug-likeness (QED) is 0.138. The number of aliphatic hydroxyl groups is 3. The molecule has 0 bridgehead atoms. The number of carbonyl (C=O) groups excluding carboxylic acids is 3. The summed E-state index contributed by atoms with van der Waals surface area (Å²) in [4.78, 5) is 49.4. The molecule has 1 saturated heterocycles. The van der Waals surface area contributed by atoms with Crippen molar-refractivity contribution in [1.29, 1.82) is 0 Å². The number of ether oxygens (including phenoxy) is 4. The molecule has 0 amide bonds. The molecule has 0 aromatic rings. The molecule has 12 heteroatoms. The Labute approximate surface area is 308 Å². The van der Waals surface area contributed by atoms with Crippen LogP contribution in [0.3, 0.4) is 0 Å². The third-order valence-electron chi connectivity index (χ3n) is 14.4. The number of hydrogen-bond donors (Lipinski definition) is 4. The monoisotopic (exact) mass is 734 g/mol. The lowest BCUT2D eigenvalue weighted by Crippen LogP contribution is -2.63. The SMILES string of the molecule is CC(=O)O[C@H]1O[C@@H](C(C)(C)O)CC[C@@H]1[C@H]1CC[C@@]2(C)C3=C(C[C@H](O)[C@]12C)[C@@]1(C)C[C@@H](OC(=O)CC(C)(O)CC(=O)O)[C@H](OC(C)=O)C(C)(C)[C@@H]1CC3. The second kappa shape index (κ2) is 13.6. The van der Waals surface area contributed by atoms with Crippen molar-refractivity contribution in [2.24, 2.45) is 39.4 Å². The lowest BCUT2D eigenvalue weighted by Gasteiger charge is -2.64. The van der Waals surface area contributed by atoms with Gasteiger partial charge in [0.05, 0.1) is 36.3 Å². The van der Waals surface area contributed by atoms with Crippen LogP contribution in [0.25, 0.3) is 0 Å². The van der Waals surface area contributed by atoms with E-state index >= 15 is 0 Å². The van der Waals surface area contributed by atoms with Gasteiger partial charge in [0.2, 0.25) is 6.29 Å². The van der Waals surface area contributed by atoms with Crippen molar-refractivity contribution < 1.29 is 58.6 Å².